The van der Waals surface area contributed by atoms with Gasteiger partial charge in [0.1, 0.15) is 5.82 Å². The van der Waals surface area contributed by atoms with E-state index in [4.69, 9.17) is 11.5 Å². The molecule has 0 aliphatic carbocycles. The van der Waals surface area contributed by atoms with Crippen molar-refractivity contribution >= 4 is 21.8 Å². The molecule has 14 heavy (non-hydrogen) atoms. The zero-order valence-electron chi connectivity index (χ0n) is 7.34. The molecule has 1 rings (SSSR count). The first-order valence-corrected chi connectivity index (χ1v) is 4.79. The Hall–Kier alpha value is -0.940. The van der Waals surface area contributed by atoms with Gasteiger partial charge in [-0.25, -0.2) is 4.39 Å². The molecule has 1 atom stereocenters. The van der Waals surface area contributed by atoms with Crippen LogP contribution < -0.4 is 11.5 Å². The Morgan fingerprint density at radius 1 is 1.57 bits per heavy atom. The second-order valence-corrected chi connectivity index (χ2v) is 3.82. The van der Waals surface area contributed by atoms with Gasteiger partial charge in [0.15, 0.2) is 0 Å². The van der Waals surface area contributed by atoms with E-state index in [-0.39, 0.29) is 5.82 Å². The molecule has 0 radical (unpaired) electrons. The third-order valence-electron chi connectivity index (χ3n) is 1.81. The summed E-state index contributed by atoms with van der Waals surface area (Å²) in [5, 5.41) is 0. The number of carbonyl (C=O) groups excluding carboxylic acids is 1. The number of hydrogen-bond acceptors (Lipinski definition) is 2. The van der Waals surface area contributed by atoms with Crippen molar-refractivity contribution < 1.29 is 9.18 Å². The molecule has 1 aromatic rings. The highest BCUT2D eigenvalue weighted by molar-refractivity contribution is 9.10. The third kappa shape index (κ3) is 2.78. The number of hydrogen-bond donors (Lipinski definition) is 2. The van der Waals surface area contributed by atoms with Crippen molar-refractivity contribution in [1.29, 1.82) is 0 Å². The molecule has 1 aromatic carbocycles. The molecule has 5 heteroatoms. The van der Waals surface area contributed by atoms with Crippen LogP contribution in [0.15, 0.2) is 22.7 Å². The van der Waals surface area contributed by atoms with Crippen LogP contribution in [0.25, 0.3) is 0 Å². The first kappa shape index (κ1) is 11.1. The zero-order chi connectivity index (χ0) is 10.7. The molecule has 3 nitrogen and oxygen atoms in total. The Kier molecular flexibility index (Phi) is 3.60. The van der Waals surface area contributed by atoms with Crippen LogP contribution in [0.4, 0.5) is 4.39 Å². The van der Waals surface area contributed by atoms with Crippen LogP contribution in [0.1, 0.15) is 5.56 Å². The predicted octanol–water partition coefficient (Wildman–Crippen LogP) is 0.943. The van der Waals surface area contributed by atoms with E-state index in [0.29, 0.717) is 10.9 Å². The summed E-state index contributed by atoms with van der Waals surface area (Å²) in [6.07, 6.45) is 0.314. The maximum atomic E-state index is 12.8. The quantitative estimate of drug-likeness (QED) is 0.850. The molecule has 0 aliphatic heterocycles. The van der Waals surface area contributed by atoms with Gasteiger partial charge in [-0.3, -0.25) is 4.79 Å². The maximum absolute atomic E-state index is 12.8. The van der Waals surface area contributed by atoms with Gasteiger partial charge in [0, 0.05) is 0 Å². The highest BCUT2D eigenvalue weighted by atomic mass is 79.9. The fourth-order valence-corrected chi connectivity index (χ4v) is 1.45. The van der Waals surface area contributed by atoms with Crippen molar-refractivity contribution in [3.63, 3.8) is 0 Å². The van der Waals surface area contributed by atoms with Crippen LogP contribution in [-0.2, 0) is 11.2 Å². The van der Waals surface area contributed by atoms with Crippen molar-refractivity contribution in [2.75, 3.05) is 0 Å². The van der Waals surface area contributed by atoms with Gasteiger partial charge in [-0.1, -0.05) is 6.07 Å². The summed E-state index contributed by atoms with van der Waals surface area (Å²) < 4.78 is 13.2. The molecule has 0 saturated heterocycles. The maximum Gasteiger partial charge on any atom is 0.234 e. The lowest BCUT2D eigenvalue weighted by Gasteiger charge is -2.07. The summed E-state index contributed by atoms with van der Waals surface area (Å²) in [4.78, 5) is 10.7. The Morgan fingerprint density at radius 2 is 2.21 bits per heavy atom. The number of nitrogens with two attached hydrogens (primary N) is 2. The van der Waals surface area contributed by atoms with Crippen LogP contribution in [-0.4, -0.2) is 11.9 Å². The summed E-state index contributed by atoms with van der Waals surface area (Å²) in [5.74, 6) is -0.910. The van der Waals surface area contributed by atoms with E-state index in [0.717, 1.165) is 5.56 Å². The minimum atomic E-state index is -0.729. The van der Waals surface area contributed by atoms with Crippen LogP contribution in [0.5, 0.6) is 0 Å². The van der Waals surface area contributed by atoms with Crippen molar-refractivity contribution in [2.24, 2.45) is 11.5 Å². The lowest BCUT2D eigenvalue weighted by molar-refractivity contribution is -0.119. The number of halogens is 2. The van der Waals surface area contributed by atoms with Crippen molar-refractivity contribution in [3.05, 3.63) is 34.1 Å². The molecular weight excluding hydrogens is 251 g/mol. The van der Waals surface area contributed by atoms with E-state index >= 15 is 0 Å². The molecule has 76 valence electrons. The molecule has 0 fully saturated rings. The summed E-state index contributed by atoms with van der Waals surface area (Å²) in [5.41, 5.74) is 11.2. The van der Waals surface area contributed by atoms with Crippen LogP contribution in [0.2, 0.25) is 0 Å². The van der Waals surface area contributed by atoms with Gasteiger partial charge in [-0.15, -0.1) is 0 Å². The van der Waals surface area contributed by atoms with Gasteiger partial charge in [-0.2, -0.15) is 0 Å². The van der Waals surface area contributed by atoms with E-state index in [1.54, 1.807) is 12.1 Å². The van der Waals surface area contributed by atoms with Gasteiger partial charge in [-0.05, 0) is 40.0 Å². The Labute approximate surface area is 89.4 Å². The predicted molar refractivity (Wildman–Crippen MR) is 55.0 cm³/mol. The van der Waals surface area contributed by atoms with Crippen molar-refractivity contribution in [1.82, 2.24) is 0 Å². The highest BCUT2D eigenvalue weighted by Gasteiger charge is 2.10. The summed E-state index contributed by atoms with van der Waals surface area (Å²) >= 11 is 3.04. The SMILES string of the molecule is NC(=O)C(N)Cc1ccc(F)c(Br)c1. The van der Waals surface area contributed by atoms with E-state index in [2.05, 4.69) is 15.9 Å². The number of benzene rings is 1. The first-order valence-electron chi connectivity index (χ1n) is 3.99. The summed E-state index contributed by atoms with van der Waals surface area (Å²) in [7, 11) is 0. The zero-order valence-corrected chi connectivity index (χ0v) is 8.92. The van der Waals surface area contributed by atoms with E-state index in [1.165, 1.54) is 6.07 Å². The van der Waals surface area contributed by atoms with Gasteiger partial charge < -0.3 is 11.5 Å². The minimum absolute atomic E-state index is 0.314. The third-order valence-corrected chi connectivity index (χ3v) is 2.41. The van der Waals surface area contributed by atoms with Gasteiger partial charge in [0.25, 0.3) is 0 Å². The number of primary amides is 1. The molecule has 0 spiro atoms. The van der Waals surface area contributed by atoms with Crippen LogP contribution in [0.3, 0.4) is 0 Å². The van der Waals surface area contributed by atoms with E-state index in [1.807, 2.05) is 0 Å². The Bertz CT molecular complexity index is 357. The average Bonchev–Trinajstić information content (AvgIpc) is 2.11. The molecule has 0 aromatic heterocycles. The minimum Gasteiger partial charge on any atom is -0.368 e. The molecule has 0 bridgehead atoms. The second-order valence-electron chi connectivity index (χ2n) is 2.96. The first-order chi connectivity index (χ1) is 6.50. The van der Waals surface area contributed by atoms with Gasteiger partial charge in [0.2, 0.25) is 5.91 Å². The topological polar surface area (TPSA) is 69.1 Å². The summed E-state index contributed by atoms with van der Waals surface area (Å²) in [6, 6.07) is 3.74. The fraction of sp³-hybridized carbons (Fsp3) is 0.222. The molecule has 1 unspecified atom stereocenters. The largest absolute Gasteiger partial charge is 0.368 e. The molecular formula is C9H10BrFN2O. The fourth-order valence-electron chi connectivity index (χ4n) is 1.02. The van der Waals surface area contributed by atoms with Crippen LogP contribution >= 0.6 is 15.9 Å². The van der Waals surface area contributed by atoms with Crippen molar-refractivity contribution in [3.8, 4) is 0 Å². The average molecular weight is 261 g/mol. The number of amides is 1. The highest BCUT2D eigenvalue weighted by Crippen LogP contribution is 2.17. The monoisotopic (exact) mass is 260 g/mol. The number of rotatable bonds is 3. The molecule has 1 amide bonds. The van der Waals surface area contributed by atoms with E-state index in [9.17, 15) is 9.18 Å². The molecule has 0 saturated carbocycles. The van der Waals surface area contributed by atoms with Crippen LogP contribution in [0, 0.1) is 5.82 Å². The molecule has 0 aliphatic rings. The standard InChI is InChI=1S/C9H10BrFN2O/c10-6-3-5(1-2-7(6)11)4-8(12)9(13)14/h1-3,8H,4,12H2,(H2,13,14). The second kappa shape index (κ2) is 4.52. The van der Waals surface area contributed by atoms with E-state index < -0.39 is 11.9 Å². The Balaban J connectivity index is 2.78. The summed E-state index contributed by atoms with van der Waals surface area (Å²) in [6.45, 7) is 0. The molecule has 4 N–H and O–H groups in total. The molecule has 0 heterocycles. The Morgan fingerprint density at radius 3 is 2.71 bits per heavy atom. The van der Waals surface area contributed by atoms with Gasteiger partial charge >= 0.3 is 0 Å². The van der Waals surface area contributed by atoms with Gasteiger partial charge in [0.05, 0.1) is 10.5 Å². The van der Waals surface area contributed by atoms with Crippen molar-refractivity contribution in [2.45, 2.75) is 12.5 Å². The normalized spacial score (nSPS) is 12.5. The lowest BCUT2D eigenvalue weighted by atomic mass is 10.1. The number of carbonyl (C=O) groups is 1. The smallest absolute Gasteiger partial charge is 0.234 e. The lowest BCUT2D eigenvalue weighted by Crippen LogP contribution is -2.38.